The molecule has 1 unspecified atom stereocenters. The minimum Gasteiger partial charge on any atom is -0.496 e. The van der Waals surface area contributed by atoms with E-state index in [0.717, 1.165) is 42.0 Å². The minimum absolute atomic E-state index is 0.00419. The average Bonchev–Trinajstić information content (AvgIpc) is 2.91. The minimum atomic E-state index is 0.00419. The fourth-order valence-electron chi connectivity index (χ4n) is 4.95. The molecule has 186 valence electrons. The van der Waals surface area contributed by atoms with Crippen LogP contribution in [0, 0.1) is 0 Å². The van der Waals surface area contributed by atoms with Crippen molar-refractivity contribution in [3.63, 3.8) is 0 Å². The highest BCUT2D eigenvalue weighted by Crippen LogP contribution is 2.32. The Balaban J connectivity index is 1.61. The lowest BCUT2D eigenvalue weighted by Crippen LogP contribution is -2.39. The predicted octanol–water partition coefficient (Wildman–Crippen LogP) is 5.50. The van der Waals surface area contributed by atoms with Crippen LogP contribution in [0.25, 0.3) is 0 Å². The molecule has 0 radical (unpaired) electrons. The van der Waals surface area contributed by atoms with Crippen LogP contribution in [0.4, 0.5) is 5.95 Å². The quantitative estimate of drug-likeness (QED) is 0.542. The molecule has 0 saturated heterocycles. The van der Waals surface area contributed by atoms with Crippen LogP contribution in [-0.2, 0) is 6.54 Å². The molecule has 1 fully saturated rings. The highest BCUT2D eigenvalue weighted by molar-refractivity contribution is 5.95. The highest BCUT2D eigenvalue weighted by atomic mass is 16.5. The average molecular weight is 477 g/mol. The third kappa shape index (κ3) is 5.66. The van der Waals surface area contributed by atoms with Crippen molar-refractivity contribution in [2.45, 2.75) is 64.0 Å². The lowest BCUT2D eigenvalue weighted by atomic mass is 9.90. The molecule has 7 nitrogen and oxygen atoms in total. The van der Waals surface area contributed by atoms with Crippen LogP contribution in [0.1, 0.15) is 73.0 Å². The molecule has 2 aliphatic carbocycles. The number of anilines is 1. The first-order valence-corrected chi connectivity index (χ1v) is 12.4. The smallest absolute Gasteiger partial charge is 0.257 e. The zero-order valence-electron chi connectivity index (χ0n) is 21.2. The van der Waals surface area contributed by atoms with Crippen molar-refractivity contribution in [2.24, 2.45) is 0 Å². The summed E-state index contributed by atoms with van der Waals surface area (Å²) in [5, 5.41) is 3.31. The Labute approximate surface area is 208 Å². The Bertz CT molecular complexity index is 1080. The number of amides is 1. The van der Waals surface area contributed by atoms with E-state index < -0.39 is 0 Å². The number of nitrogens with zero attached hydrogens (tertiary/aromatic N) is 3. The van der Waals surface area contributed by atoms with Gasteiger partial charge in [0.1, 0.15) is 11.5 Å². The molecule has 1 heterocycles. The van der Waals surface area contributed by atoms with Gasteiger partial charge >= 0.3 is 0 Å². The van der Waals surface area contributed by atoms with Crippen LogP contribution in [0.15, 0.2) is 48.2 Å². The van der Waals surface area contributed by atoms with E-state index in [1.54, 1.807) is 20.4 Å². The van der Waals surface area contributed by atoms with Gasteiger partial charge in [0.15, 0.2) is 0 Å². The van der Waals surface area contributed by atoms with Crippen LogP contribution in [-0.4, -0.2) is 48.1 Å². The summed E-state index contributed by atoms with van der Waals surface area (Å²) in [7, 11) is 5.20. The molecule has 2 aromatic rings. The first-order chi connectivity index (χ1) is 17.0. The number of methoxy groups -OCH3 is 2. The van der Waals surface area contributed by atoms with Crippen molar-refractivity contribution in [1.82, 2.24) is 14.9 Å². The fourth-order valence-corrected chi connectivity index (χ4v) is 4.95. The Morgan fingerprint density at radius 2 is 1.86 bits per heavy atom. The monoisotopic (exact) mass is 476 g/mol. The zero-order chi connectivity index (χ0) is 24.8. The fraction of sp³-hybridized carbons (Fsp3) is 0.464. The van der Waals surface area contributed by atoms with Crippen LogP contribution >= 0.6 is 0 Å². The molecule has 35 heavy (non-hydrogen) atoms. The summed E-state index contributed by atoms with van der Waals surface area (Å²) in [4.78, 5) is 24.9. The topological polar surface area (TPSA) is 76.6 Å². The van der Waals surface area contributed by atoms with Gasteiger partial charge in [0.2, 0.25) is 5.95 Å². The van der Waals surface area contributed by atoms with Gasteiger partial charge in [-0.05, 0) is 38.3 Å². The summed E-state index contributed by atoms with van der Waals surface area (Å²) in [5.41, 5.74) is 3.46. The van der Waals surface area contributed by atoms with Gasteiger partial charge in [0.05, 0.1) is 37.6 Å². The lowest BCUT2D eigenvalue weighted by Gasteiger charge is -2.32. The molecule has 1 amide bonds. The van der Waals surface area contributed by atoms with Crippen molar-refractivity contribution < 1.29 is 14.3 Å². The van der Waals surface area contributed by atoms with Crippen LogP contribution in [0.3, 0.4) is 0 Å². The molecule has 1 N–H and O–H groups in total. The Hall–Kier alpha value is -3.35. The van der Waals surface area contributed by atoms with E-state index in [4.69, 9.17) is 14.5 Å². The number of hydrogen-bond acceptors (Lipinski definition) is 6. The van der Waals surface area contributed by atoms with Crippen molar-refractivity contribution in [3.8, 4) is 11.5 Å². The third-order valence-corrected chi connectivity index (χ3v) is 7.08. The second-order valence-corrected chi connectivity index (χ2v) is 9.34. The summed E-state index contributed by atoms with van der Waals surface area (Å²) >= 11 is 0. The Kier molecular flexibility index (Phi) is 8.06. The first kappa shape index (κ1) is 24.8. The third-order valence-electron chi connectivity index (χ3n) is 7.08. The standard InChI is InChI=1S/C28H36N4O3/c1-19-13-15-20(16-14-19)26-23(27(33)32(2)21-9-6-5-7-10-21)18-30-28(31-26)29-17-22-24(34-3)11-8-12-25(22)35-4/h8,11-15,18,20-21H,5-7,9-10,16-17H2,1-4H3,(H,29,30,31). The maximum atomic E-state index is 13.6. The largest absolute Gasteiger partial charge is 0.496 e. The molecule has 7 heteroatoms. The first-order valence-electron chi connectivity index (χ1n) is 12.4. The van der Waals surface area contributed by atoms with Crippen LogP contribution in [0.5, 0.6) is 11.5 Å². The van der Waals surface area contributed by atoms with E-state index in [9.17, 15) is 4.79 Å². The molecule has 1 aromatic heterocycles. The molecular weight excluding hydrogens is 440 g/mol. The highest BCUT2D eigenvalue weighted by Gasteiger charge is 2.28. The molecule has 1 saturated carbocycles. The van der Waals surface area contributed by atoms with Gasteiger partial charge in [-0.25, -0.2) is 9.97 Å². The van der Waals surface area contributed by atoms with Gasteiger partial charge in [0.25, 0.3) is 5.91 Å². The molecule has 4 rings (SSSR count). The zero-order valence-corrected chi connectivity index (χ0v) is 21.2. The molecule has 0 spiro atoms. The number of carbonyl (C=O) groups excluding carboxylic acids is 1. The van der Waals surface area contributed by atoms with E-state index in [1.165, 1.54) is 24.8 Å². The Morgan fingerprint density at radius 1 is 1.14 bits per heavy atom. The van der Waals surface area contributed by atoms with Crippen LogP contribution < -0.4 is 14.8 Å². The molecule has 1 atom stereocenters. The van der Waals surface area contributed by atoms with Crippen molar-refractivity contribution in [1.29, 1.82) is 0 Å². The van der Waals surface area contributed by atoms with Crippen molar-refractivity contribution in [2.75, 3.05) is 26.6 Å². The molecule has 0 bridgehead atoms. The lowest BCUT2D eigenvalue weighted by molar-refractivity contribution is 0.0694. The summed E-state index contributed by atoms with van der Waals surface area (Å²) in [6.07, 6.45) is 14.7. The van der Waals surface area contributed by atoms with Crippen molar-refractivity contribution >= 4 is 11.9 Å². The van der Waals surface area contributed by atoms with Gasteiger partial charge in [-0.1, -0.05) is 49.1 Å². The van der Waals surface area contributed by atoms with Gasteiger partial charge in [0, 0.05) is 25.2 Å². The summed E-state index contributed by atoms with van der Waals surface area (Å²) in [5.74, 6) is 1.97. The van der Waals surface area contributed by atoms with Crippen molar-refractivity contribution in [3.05, 3.63) is 65.0 Å². The maximum Gasteiger partial charge on any atom is 0.257 e. The number of allylic oxidation sites excluding steroid dienone is 4. The molecule has 1 aromatic carbocycles. The number of ether oxygens (including phenoxy) is 2. The summed E-state index contributed by atoms with van der Waals surface area (Å²) in [6.45, 7) is 2.52. The SMILES string of the molecule is COc1cccc(OC)c1CNc1ncc(C(=O)N(C)C2CCCCC2)c(C2C=CC(C)=CC2)n1. The molecule has 2 aliphatic rings. The summed E-state index contributed by atoms with van der Waals surface area (Å²) in [6, 6.07) is 5.97. The maximum absolute atomic E-state index is 13.6. The van der Waals surface area contributed by atoms with Gasteiger partial charge < -0.3 is 19.7 Å². The number of carbonyl (C=O) groups is 1. The Morgan fingerprint density at radius 3 is 2.49 bits per heavy atom. The number of benzene rings is 1. The predicted molar refractivity (Wildman–Crippen MR) is 138 cm³/mol. The molecule has 0 aliphatic heterocycles. The van der Waals surface area contributed by atoms with E-state index in [2.05, 4.69) is 35.5 Å². The van der Waals surface area contributed by atoms with Gasteiger partial charge in [-0.15, -0.1) is 0 Å². The number of aromatic nitrogens is 2. The normalized spacial score (nSPS) is 18.1. The van der Waals surface area contributed by atoms with E-state index in [0.29, 0.717) is 18.1 Å². The number of hydrogen-bond donors (Lipinski definition) is 1. The second-order valence-electron chi connectivity index (χ2n) is 9.34. The summed E-state index contributed by atoms with van der Waals surface area (Å²) < 4.78 is 11.0. The molecular formula is C28H36N4O3. The van der Waals surface area contributed by atoms with Gasteiger partial charge in [-0.2, -0.15) is 0 Å². The van der Waals surface area contributed by atoms with E-state index in [-0.39, 0.29) is 17.9 Å². The van der Waals surface area contributed by atoms with Gasteiger partial charge in [-0.3, -0.25) is 4.79 Å². The van der Waals surface area contributed by atoms with Crippen LogP contribution in [0.2, 0.25) is 0 Å². The van der Waals surface area contributed by atoms with E-state index in [1.807, 2.05) is 30.1 Å². The second kappa shape index (κ2) is 11.4. The van der Waals surface area contributed by atoms with E-state index >= 15 is 0 Å². The number of nitrogens with one attached hydrogen (secondary N) is 1. The number of rotatable bonds is 8.